The van der Waals surface area contributed by atoms with Gasteiger partial charge in [-0.05, 0) is 36.2 Å². The number of aryl methyl sites for hydroxylation is 1. The highest BCUT2D eigenvalue weighted by molar-refractivity contribution is 6.32. The molecule has 0 amide bonds. The van der Waals surface area contributed by atoms with Gasteiger partial charge in [-0.15, -0.1) is 0 Å². The quantitative estimate of drug-likeness (QED) is 0.805. The first-order valence-electron chi connectivity index (χ1n) is 6.06. The Hall–Kier alpha value is -1.61. The van der Waals surface area contributed by atoms with E-state index in [-0.39, 0.29) is 5.75 Å². The Bertz CT molecular complexity index is 522. The standard InChI is InChI=1S/C14H17ClN2O/c1-2-6-17-7-5-11(10-17)9-16-12-3-4-14(18)13(15)8-12/h3-5,7-8,10,16,18H,2,6,9H2,1H3. The van der Waals surface area contributed by atoms with Gasteiger partial charge in [0.05, 0.1) is 5.02 Å². The lowest BCUT2D eigenvalue weighted by atomic mass is 10.3. The number of nitrogens with one attached hydrogen (secondary N) is 1. The maximum Gasteiger partial charge on any atom is 0.134 e. The first kappa shape index (κ1) is 12.8. The summed E-state index contributed by atoms with van der Waals surface area (Å²) in [6, 6.07) is 7.22. The van der Waals surface area contributed by atoms with E-state index in [9.17, 15) is 5.11 Å². The number of phenolic OH excluding ortho intramolecular Hbond substituents is 1. The van der Waals surface area contributed by atoms with Gasteiger partial charge in [0.25, 0.3) is 0 Å². The van der Waals surface area contributed by atoms with Crippen LogP contribution in [0.25, 0.3) is 0 Å². The van der Waals surface area contributed by atoms with E-state index in [2.05, 4.69) is 35.3 Å². The smallest absolute Gasteiger partial charge is 0.134 e. The van der Waals surface area contributed by atoms with Gasteiger partial charge in [-0.1, -0.05) is 18.5 Å². The fourth-order valence-corrected chi connectivity index (χ4v) is 1.99. The molecule has 0 saturated heterocycles. The monoisotopic (exact) mass is 264 g/mol. The van der Waals surface area contributed by atoms with Gasteiger partial charge in [-0.2, -0.15) is 0 Å². The van der Waals surface area contributed by atoms with E-state index in [0.29, 0.717) is 5.02 Å². The van der Waals surface area contributed by atoms with E-state index in [0.717, 1.165) is 25.2 Å². The number of phenols is 1. The Balaban J connectivity index is 1.95. The zero-order chi connectivity index (χ0) is 13.0. The summed E-state index contributed by atoms with van der Waals surface area (Å²) in [5.74, 6) is 0.108. The predicted molar refractivity (Wildman–Crippen MR) is 75.2 cm³/mol. The van der Waals surface area contributed by atoms with Gasteiger partial charge in [0, 0.05) is 31.2 Å². The van der Waals surface area contributed by atoms with Gasteiger partial charge in [0.2, 0.25) is 0 Å². The van der Waals surface area contributed by atoms with Crippen molar-refractivity contribution in [3.05, 3.63) is 47.2 Å². The Morgan fingerprint density at radius 1 is 1.33 bits per heavy atom. The molecule has 0 aliphatic carbocycles. The van der Waals surface area contributed by atoms with Crippen LogP contribution in [0.4, 0.5) is 5.69 Å². The van der Waals surface area contributed by atoms with E-state index in [1.54, 1.807) is 12.1 Å². The zero-order valence-electron chi connectivity index (χ0n) is 10.4. The van der Waals surface area contributed by atoms with Crippen LogP contribution in [0.1, 0.15) is 18.9 Å². The van der Waals surface area contributed by atoms with Crippen LogP contribution in [0.15, 0.2) is 36.7 Å². The normalized spacial score (nSPS) is 10.6. The van der Waals surface area contributed by atoms with Gasteiger partial charge >= 0.3 is 0 Å². The molecule has 3 nitrogen and oxygen atoms in total. The molecule has 2 N–H and O–H groups in total. The molecular formula is C14H17ClN2O. The van der Waals surface area contributed by atoms with Crippen molar-refractivity contribution in [2.75, 3.05) is 5.32 Å². The molecule has 4 heteroatoms. The molecule has 1 aromatic heterocycles. The molecule has 2 rings (SSSR count). The van der Waals surface area contributed by atoms with Gasteiger partial charge in [-0.3, -0.25) is 0 Å². The number of aromatic hydroxyl groups is 1. The molecule has 18 heavy (non-hydrogen) atoms. The number of halogens is 1. The molecule has 0 spiro atoms. The van der Waals surface area contributed by atoms with Crippen molar-refractivity contribution in [2.45, 2.75) is 26.4 Å². The van der Waals surface area contributed by atoms with Crippen LogP contribution in [-0.4, -0.2) is 9.67 Å². The van der Waals surface area contributed by atoms with E-state index in [1.165, 1.54) is 5.56 Å². The Morgan fingerprint density at radius 3 is 2.89 bits per heavy atom. The van der Waals surface area contributed by atoms with Crippen LogP contribution >= 0.6 is 11.6 Å². The molecule has 0 saturated carbocycles. The highest BCUT2D eigenvalue weighted by atomic mass is 35.5. The second kappa shape index (κ2) is 5.83. The number of anilines is 1. The van der Waals surface area contributed by atoms with Crippen LogP contribution < -0.4 is 5.32 Å². The van der Waals surface area contributed by atoms with Crippen molar-refractivity contribution >= 4 is 17.3 Å². The van der Waals surface area contributed by atoms with Crippen LogP contribution in [0.5, 0.6) is 5.75 Å². The largest absolute Gasteiger partial charge is 0.506 e. The van der Waals surface area contributed by atoms with Crippen molar-refractivity contribution in [1.82, 2.24) is 4.57 Å². The Labute approximate surface area is 112 Å². The third kappa shape index (κ3) is 3.20. The molecule has 96 valence electrons. The lowest BCUT2D eigenvalue weighted by Crippen LogP contribution is -1.98. The minimum Gasteiger partial charge on any atom is -0.506 e. The number of hydrogen-bond donors (Lipinski definition) is 2. The summed E-state index contributed by atoms with van der Waals surface area (Å²) in [4.78, 5) is 0. The number of benzene rings is 1. The molecule has 1 heterocycles. The highest BCUT2D eigenvalue weighted by Crippen LogP contribution is 2.26. The summed E-state index contributed by atoms with van der Waals surface area (Å²) in [5, 5.41) is 13.0. The average molecular weight is 265 g/mol. The average Bonchev–Trinajstić information content (AvgIpc) is 2.79. The van der Waals surface area contributed by atoms with Crippen LogP contribution in [0.2, 0.25) is 5.02 Å². The zero-order valence-corrected chi connectivity index (χ0v) is 11.1. The van der Waals surface area contributed by atoms with Gasteiger partial charge in [-0.25, -0.2) is 0 Å². The maximum absolute atomic E-state index is 9.33. The van der Waals surface area contributed by atoms with E-state index in [4.69, 9.17) is 11.6 Å². The number of nitrogens with zero attached hydrogens (tertiary/aromatic N) is 1. The van der Waals surface area contributed by atoms with Gasteiger partial charge < -0.3 is 15.0 Å². The second-order valence-electron chi connectivity index (χ2n) is 4.28. The van der Waals surface area contributed by atoms with Crippen molar-refractivity contribution in [1.29, 1.82) is 0 Å². The number of aromatic nitrogens is 1. The predicted octanol–water partition coefficient (Wildman–Crippen LogP) is 3.87. The summed E-state index contributed by atoms with van der Waals surface area (Å²) >= 11 is 5.85. The van der Waals surface area contributed by atoms with Crippen LogP contribution in [-0.2, 0) is 13.1 Å². The minimum atomic E-state index is 0.108. The summed E-state index contributed by atoms with van der Waals surface area (Å²) in [6.07, 6.45) is 5.36. The Morgan fingerprint density at radius 2 is 2.17 bits per heavy atom. The fraction of sp³-hybridized carbons (Fsp3) is 0.286. The van der Waals surface area contributed by atoms with Crippen molar-refractivity contribution in [3.63, 3.8) is 0 Å². The lowest BCUT2D eigenvalue weighted by Gasteiger charge is -2.06. The maximum atomic E-state index is 9.33. The minimum absolute atomic E-state index is 0.108. The summed E-state index contributed by atoms with van der Waals surface area (Å²) in [5.41, 5.74) is 2.13. The summed E-state index contributed by atoms with van der Waals surface area (Å²) in [7, 11) is 0. The highest BCUT2D eigenvalue weighted by Gasteiger charge is 2.01. The van der Waals surface area contributed by atoms with Crippen LogP contribution in [0, 0.1) is 0 Å². The molecule has 0 aliphatic rings. The van der Waals surface area contributed by atoms with Gasteiger partial charge in [0.1, 0.15) is 5.75 Å². The summed E-state index contributed by atoms with van der Waals surface area (Å²) in [6.45, 7) is 3.96. The topological polar surface area (TPSA) is 37.2 Å². The molecule has 2 aromatic rings. The summed E-state index contributed by atoms with van der Waals surface area (Å²) < 4.78 is 2.18. The molecule has 0 bridgehead atoms. The SMILES string of the molecule is CCCn1ccc(CNc2ccc(O)c(Cl)c2)c1. The second-order valence-corrected chi connectivity index (χ2v) is 4.68. The number of rotatable bonds is 5. The van der Waals surface area contributed by atoms with Gasteiger partial charge in [0.15, 0.2) is 0 Å². The first-order valence-corrected chi connectivity index (χ1v) is 6.44. The van der Waals surface area contributed by atoms with Crippen molar-refractivity contribution in [3.8, 4) is 5.75 Å². The van der Waals surface area contributed by atoms with E-state index in [1.807, 2.05) is 6.07 Å². The molecular weight excluding hydrogens is 248 g/mol. The lowest BCUT2D eigenvalue weighted by molar-refractivity contribution is 0.475. The fourth-order valence-electron chi connectivity index (χ4n) is 1.81. The Kier molecular flexibility index (Phi) is 4.15. The first-order chi connectivity index (χ1) is 8.69. The van der Waals surface area contributed by atoms with E-state index >= 15 is 0 Å². The molecule has 0 fully saturated rings. The third-order valence-electron chi connectivity index (χ3n) is 2.74. The van der Waals surface area contributed by atoms with E-state index < -0.39 is 0 Å². The van der Waals surface area contributed by atoms with Crippen LogP contribution in [0.3, 0.4) is 0 Å². The molecule has 0 atom stereocenters. The molecule has 0 aliphatic heterocycles. The third-order valence-corrected chi connectivity index (χ3v) is 3.04. The molecule has 1 aromatic carbocycles. The number of hydrogen-bond acceptors (Lipinski definition) is 2. The molecule has 0 unspecified atom stereocenters. The van der Waals surface area contributed by atoms with Crippen molar-refractivity contribution < 1.29 is 5.11 Å². The molecule has 0 radical (unpaired) electrons. The van der Waals surface area contributed by atoms with Crippen molar-refractivity contribution in [2.24, 2.45) is 0 Å².